The molecular formula is C13H18N2O3S. The van der Waals surface area contributed by atoms with Gasteiger partial charge in [-0.1, -0.05) is 6.07 Å². The Balaban J connectivity index is 1.88. The molecule has 0 saturated carbocycles. The molecule has 3 rings (SSSR count). The van der Waals surface area contributed by atoms with Crippen LogP contribution >= 0.6 is 0 Å². The van der Waals surface area contributed by atoms with E-state index in [0.717, 1.165) is 25.1 Å². The first kappa shape index (κ1) is 12.9. The highest BCUT2D eigenvalue weighted by Gasteiger charge is 2.33. The number of nitrogens with zero attached hydrogens (tertiary/aromatic N) is 1. The lowest BCUT2D eigenvalue weighted by atomic mass is 10.2. The SMILES string of the molecule is COC1CCN(S(=O)(=O)c2ccc3c(c2)NCC3)C1. The minimum absolute atomic E-state index is 0.0160. The minimum atomic E-state index is -3.39. The Labute approximate surface area is 113 Å². The molecule has 0 bridgehead atoms. The maximum atomic E-state index is 12.5. The van der Waals surface area contributed by atoms with Crippen LogP contribution in [0.2, 0.25) is 0 Å². The maximum absolute atomic E-state index is 12.5. The normalized spacial score (nSPS) is 23.3. The average Bonchev–Trinajstić information content (AvgIpc) is 3.06. The molecule has 19 heavy (non-hydrogen) atoms. The Bertz CT molecular complexity index is 586. The van der Waals surface area contributed by atoms with Crippen LogP contribution in [0.4, 0.5) is 5.69 Å². The number of ether oxygens (including phenoxy) is 1. The van der Waals surface area contributed by atoms with E-state index in [1.807, 2.05) is 6.07 Å². The first-order valence-electron chi connectivity index (χ1n) is 6.51. The quantitative estimate of drug-likeness (QED) is 0.901. The van der Waals surface area contributed by atoms with Crippen LogP contribution in [0, 0.1) is 0 Å². The van der Waals surface area contributed by atoms with Crippen LogP contribution in [0.25, 0.3) is 0 Å². The molecule has 1 saturated heterocycles. The van der Waals surface area contributed by atoms with Crippen molar-refractivity contribution in [1.82, 2.24) is 4.31 Å². The van der Waals surface area contributed by atoms with Crippen LogP contribution < -0.4 is 5.32 Å². The summed E-state index contributed by atoms with van der Waals surface area (Å²) in [5.74, 6) is 0. The van der Waals surface area contributed by atoms with Gasteiger partial charge in [-0.2, -0.15) is 4.31 Å². The summed E-state index contributed by atoms with van der Waals surface area (Å²) in [4.78, 5) is 0.373. The van der Waals surface area contributed by atoms with Gasteiger partial charge in [0.1, 0.15) is 0 Å². The van der Waals surface area contributed by atoms with E-state index in [0.29, 0.717) is 18.0 Å². The smallest absolute Gasteiger partial charge is 0.243 e. The molecule has 1 unspecified atom stereocenters. The van der Waals surface area contributed by atoms with Gasteiger partial charge >= 0.3 is 0 Å². The predicted molar refractivity (Wildman–Crippen MR) is 72.8 cm³/mol. The largest absolute Gasteiger partial charge is 0.384 e. The monoisotopic (exact) mass is 282 g/mol. The first-order chi connectivity index (χ1) is 9.11. The van der Waals surface area contributed by atoms with Crippen LogP contribution in [0.15, 0.2) is 23.1 Å². The molecule has 0 radical (unpaired) electrons. The molecule has 1 atom stereocenters. The summed E-state index contributed by atoms with van der Waals surface area (Å²) >= 11 is 0. The number of hydrogen-bond acceptors (Lipinski definition) is 4. The molecular weight excluding hydrogens is 264 g/mol. The third kappa shape index (κ3) is 2.24. The molecule has 0 spiro atoms. The van der Waals surface area contributed by atoms with Crippen molar-refractivity contribution in [2.75, 3.05) is 32.1 Å². The molecule has 0 aromatic heterocycles. The molecule has 5 nitrogen and oxygen atoms in total. The average molecular weight is 282 g/mol. The molecule has 1 N–H and O–H groups in total. The van der Waals surface area contributed by atoms with Gasteiger partial charge in [-0.15, -0.1) is 0 Å². The topological polar surface area (TPSA) is 58.6 Å². The van der Waals surface area contributed by atoms with E-state index >= 15 is 0 Å². The second-order valence-corrected chi connectivity index (χ2v) is 6.94. The Hall–Kier alpha value is -1.11. The summed E-state index contributed by atoms with van der Waals surface area (Å²) in [6.07, 6.45) is 1.74. The van der Waals surface area contributed by atoms with Gasteiger partial charge in [0.15, 0.2) is 0 Å². The van der Waals surface area contributed by atoms with E-state index in [1.165, 1.54) is 9.87 Å². The summed E-state index contributed by atoms with van der Waals surface area (Å²) in [5.41, 5.74) is 2.14. The molecule has 2 heterocycles. The van der Waals surface area contributed by atoms with Crippen molar-refractivity contribution in [3.8, 4) is 0 Å². The summed E-state index contributed by atoms with van der Waals surface area (Å²) in [7, 11) is -1.76. The fourth-order valence-corrected chi connectivity index (χ4v) is 4.20. The Morgan fingerprint density at radius 2 is 2.26 bits per heavy atom. The van der Waals surface area contributed by atoms with E-state index in [-0.39, 0.29) is 6.10 Å². The van der Waals surface area contributed by atoms with Gasteiger partial charge in [-0.05, 0) is 30.5 Å². The number of rotatable bonds is 3. The van der Waals surface area contributed by atoms with Gasteiger partial charge in [-0.25, -0.2) is 8.42 Å². The minimum Gasteiger partial charge on any atom is -0.384 e. The van der Waals surface area contributed by atoms with E-state index in [2.05, 4.69) is 5.32 Å². The van der Waals surface area contributed by atoms with E-state index < -0.39 is 10.0 Å². The number of anilines is 1. The van der Waals surface area contributed by atoms with Gasteiger partial charge in [0.25, 0.3) is 0 Å². The van der Waals surface area contributed by atoms with Gasteiger partial charge in [0, 0.05) is 32.4 Å². The van der Waals surface area contributed by atoms with Gasteiger partial charge in [-0.3, -0.25) is 0 Å². The molecule has 0 aliphatic carbocycles. The van der Waals surface area contributed by atoms with Crippen molar-refractivity contribution in [3.05, 3.63) is 23.8 Å². The summed E-state index contributed by atoms with van der Waals surface area (Å²) < 4.78 is 31.8. The Kier molecular flexibility index (Phi) is 3.24. The van der Waals surface area contributed by atoms with E-state index in [4.69, 9.17) is 4.74 Å². The first-order valence-corrected chi connectivity index (χ1v) is 7.95. The zero-order chi connectivity index (χ0) is 13.5. The molecule has 1 aromatic carbocycles. The number of hydrogen-bond donors (Lipinski definition) is 1. The van der Waals surface area contributed by atoms with Crippen molar-refractivity contribution < 1.29 is 13.2 Å². The molecule has 2 aliphatic rings. The number of fused-ring (bicyclic) bond motifs is 1. The highest BCUT2D eigenvalue weighted by Crippen LogP contribution is 2.28. The molecule has 0 amide bonds. The highest BCUT2D eigenvalue weighted by atomic mass is 32.2. The van der Waals surface area contributed by atoms with Crippen molar-refractivity contribution in [2.45, 2.75) is 23.8 Å². The van der Waals surface area contributed by atoms with Gasteiger partial charge < -0.3 is 10.1 Å². The summed E-state index contributed by atoms with van der Waals surface area (Å²) in [6, 6.07) is 5.37. The van der Waals surface area contributed by atoms with Crippen molar-refractivity contribution in [2.24, 2.45) is 0 Å². The van der Waals surface area contributed by atoms with Crippen molar-refractivity contribution in [1.29, 1.82) is 0 Å². The standard InChI is InChI=1S/C13H18N2O3S/c1-18-11-5-7-15(9-11)19(16,17)12-3-2-10-4-6-14-13(10)8-12/h2-3,8,11,14H,4-7,9H2,1H3. The second kappa shape index (κ2) is 4.77. The summed E-state index contributed by atoms with van der Waals surface area (Å²) in [6.45, 7) is 1.86. The molecule has 104 valence electrons. The highest BCUT2D eigenvalue weighted by molar-refractivity contribution is 7.89. The van der Waals surface area contributed by atoms with E-state index in [1.54, 1.807) is 19.2 Å². The van der Waals surface area contributed by atoms with Gasteiger partial charge in [0.05, 0.1) is 11.0 Å². The number of sulfonamides is 1. The lowest BCUT2D eigenvalue weighted by molar-refractivity contribution is 0.115. The number of benzene rings is 1. The van der Waals surface area contributed by atoms with Crippen LogP contribution in [-0.2, 0) is 21.2 Å². The lowest BCUT2D eigenvalue weighted by Crippen LogP contribution is -2.30. The number of methoxy groups -OCH3 is 1. The van der Waals surface area contributed by atoms with Crippen LogP contribution in [0.1, 0.15) is 12.0 Å². The van der Waals surface area contributed by atoms with Crippen LogP contribution in [0.5, 0.6) is 0 Å². The molecule has 6 heteroatoms. The maximum Gasteiger partial charge on any atom is 0.243 e. The van der Waals surface area contributed by atoms with Crippen molar-refractivity contribution in [3.63, 3.8) is 0 Å². The Morgan fingerprint density at radius 1 is 1.42 bits per heavy atom. The second-order valence-electron chi connectivity index (χ2n) is 5.01. The fourth-order valence-electron chi connectivity index (χ4n) is 2.69. The molecule has 1 aromatic rings. The molecule has 1 fully saturated rings. The van der Waals surface area contributed by atoms with Crippen molar-refractivity contribution >= 4 is 15.7 Å². The molecule has 2 aliphatic heterocycles. The lowest BCUT2D eigenvalue weighted by Gasteiger charge is -2.17. The van der Waals surface area contributed by atoms with E-state index in [9.17, 15) is 8.42 Å². The summed E-state index contributed by atoms with van der Waals surface area (Å²) in [5, 5.41) is 3.22. The third-order valence-electron chi connectivity index (χ3n) is 3.87. The third-order valence-corrected chi connectivity index (χ3v) is 5.73. The Morgan fingerprint density at radius 3 is 3.00 bits per heavy atom. The van der Waals surface area contributed by atoms with Crippen LogP contribution in [-0.4, -0.2) is 45.6 Å². The zero-order valence-electron chi connectivity index (χ0n) is 10.9. The zero-order valence-corrected chi connectivity index (χ0v) is 11.7. The fraction of sp³-hybridized carbons (Fsp3) is 0.538. The number of nitrogens with one attached hydrogen (secondary N) is 1. The van der Waals surface area contributed by atoms with Gasteiger partial charge in [0.2, 0.25) is 10.0 Å². The predicted octanol–water partition coefficient (Wildman–Crippen LogP) is 1.06. The van der Waals surface area contributed by atoms with Crippen LogP contribution in [0.3, 0.4) is 0 Å².